The summed E-state index contributed by atoms with van der Waals surface area (Å²) in [6, 6.07) is 7.47. The fraction of sp³-hybridized carbons (Fsp3) is 0.235. The first kappa shape index (κ1) is 14.5. The first-order valence-corrected chi connectivity index (χ1v) is 7.68. The van der Waals surface area contributed by atoms with Crippen molar-refractivity contribution in [2.24, 2.45) is 0 Å². The number of hydrogen-bond donors (Lipinski definition) is 2. The van der Waals surface area contributed by atoms with Crippen molar-refractivity contribution in [3.63, 3.8) is 0 Å². The topological polar surface area (TPSA) is 89.1 Å². The van der Waals surface area contributed by atoms with E-state index >= 15 is 0 Å². The molecule has 3 heterocycles. The Labute approximate surface area is 138 Å². The number of nitrogens with one attached hydrogen (secondary N) is 2. The summed E-state index contributed by atoms with van der Waals surface area (Å²) in [7, 11) is 0. The van der Waals surface area contributed by atoms with Gasteiger partial charge in [0, 0.05) is 6.20 Å². The number of amides is 1. The van der Waals surface area contributed by atoms with Gasteiger partial charge in [-0.2, -0.15) is 5.10 Å². The average molecular weight is 324 g/mol. The van der Waals surface area contributed by atoms with E-state index in [2.05, 4.69) is 20.5 Å². The van der Waals surface area contributed by atoms with Crippen molar-refractivity contribution < 1.29 is 14.3 Å². The minimum Gasteiger partial charge on any atom is -0.486 e. The molecule has 2 N–H and O–H groups in total. The molecule has 0 unspecified atom stereocenters. The van der Waals surface area contributed by atoms with Gasteiger partial charge in [0.25, 0.3) is 0 Å². The number of benzene rings is 1. The molecule has 0 aliphatic carbocycles. The molecule has 1 amide bonds. The van der Waals surface area contributed by atoms with E-state index in [1.54, 1.807) is 6.20 Å². The lowest BCUT2D eigenvalue weighted by Crippen LogP contribution is -2.17. The SMILES string of the molecule is Cc1cnc2n[nH]c(NC(=O)Cc3ccc4c(c3)OCCO4)c2c1. The Morgan fingerprint density at radius 3 is 2.96 bits per heavy atom. The standard InChI is InChI=1S/C17H16N4O3/c1-10-6-12-16(18-9-10)20-21-17(12)19-15(22)8-11-2-3-13-14(7-11)24-5-4-23-13/h2-3,6-7,9H,4-5,8H2,1H3,(H2,18,19,20,21,22). The van der Waals surface area contributed by atoms with Crippen molar-refractivity contribution in [1.82, 2.24) is 15.2 Å². The Balaban J connectivity index is 1.51. The molecule has 0 bridgehead atoms. The molecule has 24 heavy (non-hydrogen) atoms. The summed E-state index contributed by atoms with van der Waals surface area (Å²) in [4.78, 5) is 16.5. The largest absolute Gasteiger partial charge is 0.486 e. The van der Waals surface area contributed by atoms with Crippen LogP contribution in [0, 0.1) is 6.92 Å². The first-order chi connectivity index (χ1) is 11.7. The van der Waals surface area contributed by atoms with Crippen LogP contribution < -0.4 is 14.8 Å². The van der Waals surface area contributed by atoms with Gasteiger partial charge in [-0.1, -0.05) is 6.07 Å². The maximum Gasteiger partial charge on any atom is 0.229 e. The molecular formula is C17H16N4O3. The summed E-state index contributed by atoms with van der Waals surface area (Å²) in [6.45, 7) is 3.02. The number of fused-ring (bicyclic) bond motifs is 2. The van der Waals surface area contributed by atoms with Gasteiger partial charge in [-0.25, -0.2) is 4.98 Å². The van der Waals surface area contributed by atoms with E-state index in [-0.39, 0.29) is 12.3 Å². The van der Waals surface area contributed by atoms with Crippen LogP contribution in [0.2, 0.25) is 0 Å². The van der Waals surface area contributed by atoms with Crippen LogP contribution in [0.5, 0.6) is 11.5 Å². The van der Waals surface area contributed by atoms with Crippen LogP contribution in [0.1, 0.15) is 11.1 Å². The molecule has 1 aliphatic rings. The number of pyridine rings is 1. The molecule has 0 saturated heterocycles. The zero-order chi connectivity index (χ0) is 16.5. The van der Waals surface area contributed by atoms with E-state index in [1.807, 2.05) is 31.2 Å². The molecule has 2 aromatic heterocycles. The minimum atomic E-state index is -0.140. The van der Waals surface area contributed by atoms with Gasteiger partial charge in [0.05, 0.1) is 11.8 Å². The van der Waals surface area contributed by atoms with Crippen molar-refractivity contribution >= 4 is 22.8 Å². The summed E-state index contributed by atoms with van der Waals surface area (Å²) in [5, 5.41) is 10.6. The zero-order valence-corrected chi connectivity index (χ0v) is 13.1. The lowest BCUT2D eigenvalue weighted by molar-refractivity contribution is -0.115. The Kier molecular flexibility index (Phi) is 3.53. The summed E-state index contributed by atoms with van der Waals surface area (Å²) in [5.41, 5.74) is 2.44. The van der Waals surface area contributed by atoms with Crippen molar-refractivity contribution in [3.8, 4) is 11.5 Å². The monoisotopic (exact) mass is 324 g/mol. The van der Waals surface area contributed by atoms with Crippen LogP contribution in [0.4, 0.5) is 5.82 Å². The number of H-pyrrole nitrogens is 1. The van der Waals surface area contributed by atoms with E-state index in [0.717, 1.165) is 16.5 Å². The molecule has 1 aromatic carbocycles. The molecule has 0 radical (unpaired) electrons. The van der Waals surface area contributed by atoms with Gasteiger partial charge in [0.15, 0.2) is 17.1 Å². The minimum absolute atomic E-state index is 0.140. The normalized spacial score (nSPS) is 13.0. The molecule has 0 spiro atoms. The van der Waals surface area contributed by atoms with Crippen molar-refractivity contribution in [1.29, 1.82) is 0 Å². The summed E-state index contributed by atoms with van der Waals surface area (Å²) < 4.78 is 11.0. The molecule has 4 rings (SSSR count). The number of aryl methyl sites for hydroxylation is 1. The van der Waals surface area contributed by atoms with Gasteiger partial charge in [0.1, 0.15) is 19.0 Å². The Morgan fingerprint density at radius 1 is 1.25 bits per heavy atom. The van der Waals surface area contributed by atoms with Gasteiger partial charge in [-0.3, -0.25) is 9.89 Å². The van der Waals surface area contributed by atoms with Crippen LogP contribution in [0.15, 0.2) is 30.5 Å². The number of ether oxygens (including phenoxy) is 2. The average Bonchev–Trinajstić information content (AvgIpc) is 2.97. The van der Waals surface area contributed by atoms with Crippen molar-refractivity contribution in [2.75, 3.05) is 18.5 Å². The smallest absolute Gasteiger partial charge is 0.229 e. The fourth-order valence-corrected chi connectivity index (χ4v) is 2.67. The third kappa shape index (κ3) is 2.76. The second-order valence-electron chi connectivity index (χ2n) is 5.69. The second-order valence-corrected chi connectivity index (χ2v) is 5.69. The predicted molar refractivity (Wildman–Crippen MR) is 88.4 cm³/mol. The molecule has 0 fully saturated rings. The van der Waals surface area contributed by atoms with E-state index in [1.165, 1.54) is 0 Å². The molecule has 3 aromatic rings. The molecule has 1 aliphatic heterocycles. The lowest BCUT2D eigenvalue weighted by Gasteiger charge is -2.18. The predicted octanol–water partition coefficient (Wildman–Crippen LogP) is 2.22. The summed E-state index contributed by atoms with van der Waals surface area (Å²) in [5.74, 6) is 1.81. The highest BCUT2D eigenvalue weighted by molar-refractivity contribution is 5.99. The van der Waals surface area contributed by atoms with Gasteiger partial charge >= 0.3 is 0 Å². The van der Waals surface area contributed by atoms with Crippen LogP contribution in [0.25, 0.3) is 11.0 Å². The van der Waals surface area contributed by atoms with Crippen LogP contribution in [-0.2, 0) is 11.2 Å². The van der Waals surface area contributed by atoms with Crippen LogP contribution in [-0.4, -0.2) is 34.3 Å². The third-order valence-corrected chi connectivity index (χ3v) is 3.78. The molecule has 0 atom stereocenters. The van der Waals surface area contributed by atoms with Crippen LogP contribution >= 0.6 is 0 Å². The van der Waals surface area contributed by atoms with Gasteiger partial charge in [0.2, 0.25) is 5.91 Å². The van der Waals surface area contributed by atoms with E-state index in [9.17, 15) is 4.79 Å². The van der Waals surface area contributed by atoms with Gasteiger partial charge in [-0.15, -0.1) is 0 Å². The highest BCUT2D eigenvalue weighted by atomic mass is 16.6. The highest BCUT2D eigenvalue weighted by Crippen LogP contribution is 2.31. The Morgan fingerprint density at radius 2 is 2.08 bits per heavy atom. The van der Waals surface area contributed by atoms with E-state index in [4.69, 9.17) is 9.47 Å². The van der Waals surface area contributed by atoms with Crippen molar-refractivity contribution in [2.45, 2.75) is 13.3 Å². The van der Waals surface area contributed by atoms with E-state index < -0.39 is 0 Å². The maximum atomic E-state index is 12.3. The van der Waals surface area contributed by atoms with Crippen LogP contribution in [0.3, 0.4) is 0 Å². The molecule has 7 nitrogen and oxygen atoms in total. The number of hydrogen-bond acceptors (Lipinski definition) is 5. The molecule has 122 valence electrons. The zero-order valence-electron chi connectivity index (χ0n) is 13.1. The Bertz CT molecular complexity index is 919. The van der Waals surface area contributed by atoms with Crippen molar-refractivity contribution in [3.05, 3.63) is 41.6 Å². The van der Waals surface area contributed by atoms with Gasteiger partial charge in [-0.05, 0) is 36.2 Å². The molecule has 7 heteroatoms. The second kappa shape index (κ2) is 5.84. The molecule has 0 saturated carbocycles. The quantitative estimate of drug-likeness (QED) is 0.771. The number of rotatable bonds is 3. The maximum absolute atomic E-state index is 12.3. The summed E-state index contributed by atoms with van der Waals surface area (Å²) in [6.07, 6.45) is 1.97. The number of aromatic amines is 1. The lowest BCUT2D eigenvalue weighted by atomic mass is 10.1. The van der Waals surface area contributed by atoms with Gasteiger partial charge < -0.3 is 14.8 Å². The fourth-order valence-electron chi connectivity index (χ4n) is 2.67. The third-order valence-electron chi connectivity index (χ3n) is 3.78. The van der Waals surface area contributed by atoms with E-state index in [0.29, 0.717) is 36.2 Å². The first-order valence-electron chi connectivity index (χ1n) is 7.68. The molecular weight excluding hydrogens is 308 g/mol. The Hall–Kier alpha value is -3.09. The number of carbonyl (C=O) groups excluding carboxylic acids is 1. The number of carbonyl (C=O) groups is 1. The number of aromatic nitrogens is 3. The number of nitrogens with zero attached hydrogens (tertiary/aromatic N) is 2. The number of anilines is 1. The highest BCUT2D eigenvalue weighted by Gasteiger charge is 2.14. The summed E-state index contributed by atoms with van der Waals surface area (Å²) >= 11 is 0.